The SMILES string of the molecule is O=C(O)N1CCc2c(c(-c3ccc(Br)cc3)nn2CCCN2CCC(N3C(=O)COc4ccccc43)CC2)C1. The Morgan fingerprint density at radius 1 is 1.05 bits per heavy atom. The maximum absolute atomic E-state index is 12.7. The number of piperidine rings is 1. The summed E-state index contributed by atoms with van der Waals surface area (Å²) >= 11 is 3.49. The second-order valence-corrected chi connectivity index (χ2v) is 11.3. The molecular formula is C29H32BrN5O4. The van der Waals surface area contributed by atoms with E-state index in [2.05, 4.69) is 25.5 Å². The lowest BCUT2D eigenvalue weighted by Crippen LogP contribution is -2.50. The number of fused-ring (bicyclic) bond motifs is 2. The summed E-state index contributed by atoms with van der Waals surface area (Å²) in [5.41, 5.74) is 4.93. The van der Waals surface area contributed by atoms with Crippen molar-refractivity contribution in [1.29, 1.82) is 0 Å². The zero-order chi connectivity index (χ0) is 26.9. The number of anilines is 1. The van der Waals surface area contributed by atoms with E-state index < -0.39 is 6.09 Å². The van der Waals surface area contributed by atoms with Gasteiger partial charge in [0, 0.05) is 59.9 Å². The summed E-state index contributed by atoms with van der Waals surface area (Å²) in [5, 5.41) is 14.6. The molecule has 6 rings (SSSR count). The van der Waals surface area contributed by atoms with Crippen LogP contribution in [0.3, 0.4) is 0 Å². The lowest BCUT2D eigenvalue weighted by Gasteiger charge is -2.40. The summed E-state index contributed by atoms with van der Waals surface area (Å²) < 4.78 is 8.72. The number of likely N-dealkylation sites (tertiary alicyclic amines) is 1. The van der Waals surface area contributed by atoms with Crippen LogP contribution in [0, 0.1) is 0 Å². The molecule has 1 saturated heterocycles. The quantitative estimate of drug-likeness (QED) is 0.448. The first-order valence-electron chi connectivity index (χ1n) is 13.6. The van der Waals surface area contributed by atoms with Gasteiger partial charge >= 0.3 is 6.09 Å². The molecule has 0 saturated carbocycles. The molecule has 0 bridgehead atoms. The molecule has 10 heteroatoms. The Morgan fingerprint density at radius 2 is 1.82 bits per heavy atom. The topological polar surface area (TPSA) is 91.1 Å². The van der Waals surface area contributed by atoms with Gasteiger partial charge in [-0.1, -0.05) is 40.2 Å². The summed E-state index contributed by atoms with van der Waals surface area (Å²) in [6, 6.07) is 16.0. The van der Waals surface area contributed by atoms with Gasteiger partial charge in [-0.2, -0.15) is 5.10 Å². The van der Waals surface area contributed by atoms with Gasteiger partial charge in [-0.3, -0.25) is 9.48 Å². The Balaban J connectivity index is 1.09. The van der Waals surface area contributed by atoms with Crippen molar-refractivity contribution in [3.8, 4) is 17.0 Å². The monoisotopic (exact) mass is 593 g/mol. The maximum atomic E-state index is 12.7. The summed E-state index contributed by atoms with van der Waals surface area (Å²) in [6.07, 6.45) is 2.62. The zero-order valence-electron chi connectivity index (χ0n) is 21.8. The molecule has 0 aliphatic carbocycles. The largest absolute Gasteiger partial charge is 0.482 e. The molecule has 0 radical (unpaired) electrons. The molecule has 39 heavy (non-hydrogen) atoms. The molecule has 1 N–H and O–H groups in total. The average molecular weight is 595 g/mol. The van der Waals surface area contributed by atoms with E-state index in [-0.39, 0.29) is 18.6 Å². The van der Waals surface area contributed by atoms with Crippen molar-refractivity contribution < 1.29 is 19.4 Å². The molecule has 2 aromatic carbocycles. The van der Waals surface area contributed by atoms with Crippen molar-refractivity contribution >= 4 is 33.6 Å². The molecular weight excluding hydrogens is 562 g/mol. The number of para-hydroxylation sites is 2. The van der Waals surface area contributed by atoms with Crippen LogP contribution in [0.5, 0.6) is 5.75 Å². The van der Waals surface area contributed by atoms with E-state index in [4.69, 9.17) is 9.84 Å². The number of hydrogen-bond donors (Lipinski definition) is 1. The molecule has 3 aliphatic heterocycles. The summed E-state index contributed by atoms with van der Waals surface area (Å²) in [4.78, 5) is 30.3. The highest BCUT2D eigenvalue weighted by Gasteiger charge is 2.34. The van der Waals surface area contributed by atoms with Crippen molar-refractivity contribution in [2.45, 2.75) is 44.8 Å². The first kappa shape index (κ1) is 25.9. The van der Waals surface area contributed by atoms with Crippen molar-refractivity contribution in [3.05, 3.63) is 64.3 Å². The number of ether oxygens (including phenoxy) is 1. The van der Waals surface area contributed by atoms with Gasteiger partial charge in [0.15, 0.2) is 6.61 Å². The van der Waals surface area contributed by atoms with Crippen LogP contribution in [0.1, 0.15) is 30.5 Å². The Kier molecular flexibility index (Phi) is 7.31. The zero-order valence-corrected chi connectivity index (χ0v) is 23.3. The van der Waals surface area contributed by atoms with Crippen molar-refractivity contribution in [2.75, 3.05) is 37.7 Å². The summed E-state index contributed by atoms with van der Waals surface area (Å²) in [7, 11) is 0. The van der Waals surface area contributed by atoms with Crippen LogP contribution in [0.25, 0.3) is 11.3 Å². The van der Waals surface area contributed by atoms with E-state index >= 15 is 0 Å². The normalized spacial score (nSPS) is 18.0. The molecule has 0 unspecified atom stereocenters. The van der Waals surface area contributed by atoms with Gasteiger partial charge in [-0.25, -0.2) is 4.79 Å². The summed E-state index contributed by atoms with van der Waals surface area (Å²) in [6.45, 7) is 4.62. The Bertz CT molecular complexity index is 1370. The van der Waals surface area contributed by atoms with E-state index in [0.717, 1.165) is 83.9 Å². The van der Waals surface area contributed by atoms with E-state index in [9.17, 15) is 14.7 Å². The van der Waals surface area contributed by atoms with Gasteiger partial charge in [0.1, 0.15) is 5.75 Å². The number of carbonyl (C=O) groups is 2. The Labute approximate surface area is 236 Å². The van der Waals surface area contributed by atoms with Gasteiger partial charge in [0.2, 0.25) is 0 Å². The minimum atomic E-state index is -0.888. The fraction of sp³-hybridized carbons (Fsp3) is 0.414. The Morgan fingerprint density at radius 3 is 2.59 bits per heavy atom. The minimum absolute atomic E-state index is 0.0404. The Hall–Kier alpha value is -3.37. The number of benzene rings is 2. The third-order valence-electron chi connectivity index (χ3n) is 8.03. The molecule has 3 aromatic rings. The van der Waals surface area contributed by atoms with Crippen LogP contribution in [0.4, 0.5) is 10.5 Å². The van der Waals surface area contributed by atoms with E-state index in [0.29, 0.717) is 19.5 Å². The van der Waals surface area contributed by atoms with E-state index in [1.807, 2.05) is 53.4 Å². The molecule has 3 aliphatic rings. The third kappa shape index (κ3) is 5.27. The fourth-order valence-corrected chi connectivity index (χ4v) is 6.31. The molecule has 204 valence electrons. The highest BCUT2D eigenvalue weighted by molar-refractivity contribution is 9.10. The number of halogens is 1. The molecule has 1 aromatic heterocycles. The van der Waals surface area contributed by atoms with Crippen LogP contribution >= 0.6 is 15.9 Å². The molecule has 2 amide bonds. The first-order chi connectivity index (χ1) is 19.0. The van der Waals surface area contributed by atoms with Gasteiger partial charge in [0.05, 0.1) is 17.9 Å². The number of carboxylic acid groups (broad SMARTS) is 1. The van der Waals surface area contributed by atoms with Crippen LogP contribution in [0.15, 0.2) is 53.0 Å². The third-order valence-corrected chi connectivity index (χ3v) is 8.56. The highest BCUT2D eigenvalue weighted by atomic mass is 79.9. The molecule has 1 fully saturated rings. The number of aromatic nitrogens is 2. The average Bonchev–Trinajstić information content (AvgIpc) is 3.32. The summed E-state index contributed by atoms with van der Waals surface area (Å²) in [5.74, 6) is 0.828. The van der Waals surface area contributed by atoms with Crippen molar-refractivity contribution in [3.63, 3.8) is 0 Å². The van der Waals surface area contributed by atoms with Crippen LogP contribution < -0.4 is 9.64 Å². The second-order valence-electron chi connectivity index (χ2n) is 10.4. The van der Waals surface area contributed by atoms with Crippen molar-refractivity contribution in [2.24, 2.45) is 0 Å². The molecule has 0 atom stereocenters. The molecule has 4 heterocycles. The van der Waals surface area contributed by atoms with Gasteiger partial charge in [-0.15, -0.1) is 0 Å². The number of rotatable bonds is 6. The van der Waals surface area contributed by atoms with E-state index in [1.165, 1.54) is 4.90 Å². The first-order valence-corrected chi connectivity index (χ1v) is 14.4. The lowest BCUT2D eigenvalue weighted by molar-refractivity contribution is -0.122. The van der Waals surface area contributed by atoms with Crippen LogP contribution in [-0.4, -0.2) is 75.5 Å². The number of carbonyl (C=O) groups excluding carboxylic acids is 1. The predicted octanol–water partition coefficient (Wildman–Crippen LogP) is 4.63. The van der Waals surface area contributed by atoms with Gasteiger partial charge < -0.3 is 24.5 Å². The van der Waals surface area contributed by atoms with Gasteiger partial charge in [0.25, 0.3) is 5.91 Å². The minimum Gasteiger partial charge on any atom is -0.482 e. The number of nitrogens with zero attached hydrogens (tertiary/aromatic N) is 5. The smallest absolute Gasteiger partial charge is 0.407 e. The van der Waals surface area contributed by atoms with Gasteiger partial charge in [-0.05, 0) is 50.1 Å². The molecule has 0 spiro atoms. The number of aryl methyl sites for hydroxylation is 1. The standard InChI is InChI=1S/C29H32BrN5O4/c30-21-8-6-20(7-9-21)28-23-18-33(29(37)38)17-12-24(23)34(31-28)14-3-13-32-15-10-22(11-16-32)35-25-4-1-2-5-26(25)39-19-27(35)36/h1-2,4-9,22H,3,10-19H2,(H,37,38). The number of hydrogen-bond acceptors (Lipinski definition) is 5. The molecule has 9 nitrogen and oxygen atoms in total. The maximum Gasteiger partial charge on any atom is 0.407 e. The highest BCUT2D eigenvalue weighted by Crippen LogP contribution is 2.35. The van der Waals surface area contributed by atoms with Crippen LogP contribution in [-0.2, 0) is 24.3 Å². The van der Waals surface area contributed by atoms with E-state index in [1.54, 1.807) is 0 Å². The van der Waals surface area contributed by atoms with Crippen LogP contribution in [0.2, 0.25) is 0 Å². The predicted molar refractivity (Wildman–Crippen MR) is 151 cm³/mol. The van der Waals surface area contributed by atoms with Crippen molar-refractivity contribution in [1.82, 2.24) is 19.6 Å². The lowest BCUT2D eigenvalue weighted by atomic mass is 10.0. The second kappa shape index (κ2) is 11.0. The number of amides is 2. The fourth-order valence-electron chi connectivity index (χ4n) is 6.05.